The Hall–Kier alpha value is -3.45. The van der Waals surface area contributed by atoms with Crippen molar-refractivity contribution in [3.05, 3.63) is 102 Å². The van der Waals surface area contributed by atoms with Gasteiger partial charge in [0.05, 0.1) is 7.11 Å². The Labute approximate surface area is 197 Å². The average Bonchev–Trinajstić information content (AvgIpc) is 2.85. The Bertz CT molecular complexity index is 1010. The van der Waals surface area contributed by atoms with E-state index in [9.17, 15) is 14.7 Å². The number of carboxylic acids is 1. The normalized spacial score (nSPS) is 12.4. The van der Waals surface area contributed by atoms with Crippen molar-refractivity contribution in [3.8, 4) is 5.75 Å². The monoisotopic (exact) mass is 465 g/mol. The highest BCUT2D eigenvalue weighted by atomic mass is 32.2. The lowest BCUT2D eigenvalue weighted by Gasteiger charge is -2.24. The van der Waals surface area contributed by atoms with E-state index in [2.05, 4.69) is 5.32 Å². The molecule has 0 saturated heterocycles. The first-order valence-electron chi connectivity index (χ1n) is 10.5. The molecule has 0 aromatic heterocycles. The molecule has 33 heavy (non-hydrogen) atoms. The van der Waals surface area contributed by atoms with Crippen molar-refractivity contribution >= 4 is 23.8 Å². The summed E-state index contributed by atoms with van der Waals surface area (Å²) >= 11 is 1.48. The van der Waals surface area contributed by atoms with E-state index >= 15 is 0 Å². The summed E-state index contributed by atoms with van der Waals surface area (Å²) in [6.45, 7) is 0.0708. The molecule has 2 unspecified atom stereocenters. The van der Waals surface area contributed by atoms with E-state index in [1.165, 1.54) is 11.8 Å². The molecule has 3 rings (SSSR count). The SMILES string of the molecule is COc1ccc(CSC(Cc2ccccc2)C(NC(=O)OCc2ccccc2)C(=O)O)cc1. The third kappa shape index (κ3) is 7.88. The number of ether oxygens (including phenoxy) is 2. The van der Waals surface area contributed by atoms with Crippen LogP contribution in [0.1, 0.15) is 16.7 Å². The Morgan fingerprint density at radius 1 is 0.879 bits per heavy atom. The first-order chi connectivity index (χ1) is 16.0. The molecule has 6 nitrogen and oxygen atoms in total. The Morgan fingerprint density at radius 3 is 2.06 bits per heavy atom. The number of hydrogen-bond donors (Lipinski definition) is 2. The van der Waals surface area contributed by atoms with Gasteiger partial charge in [-0.15, -0.1) is 0 Å². The van der Waals surface area contributed by atoms with Gasteiger partial charge in [-0.25, -0.2) is 9.59 Å². The van der Waals surface area contributed by atoms with Gasteiger partial charge in [0.25, 0.3) is 0 Å². The molecule has 0 fully saturated rings. The summed E-state index contributed by atoms with van der Waals surface area (Å²) in [6, 6.07) is 25.4. The number of thioether (sulfide) groups is 1. The van der Waals surface area contributed by atoms with Crippen molar-refractivity contribution < 1.29 is 24.2 Å². The lowest BCUT2D eigenvalue weighted by molar-refractivity contribution is -0.139. The maximum absolute atomic E-state index is 12.4. The Morgan fingerprint density at radius 2 is 1.48 bits per heavy atom. The standard InChI is InChI=1S/C26H27NO5S/c1-31-22-14-12-21(13-15-22)18-33-23(16-19-8-4-2-5-9-19)24(25(28)29)27-26(30)32-17-20-10-6-3-7-11-20/h2-15,23-24H,16-18H2,1H3,(H,27,30)(H,28,29). The van der Waals surface area contributed by atoms with Gasteiger partial charge in [0, 0.05) is 11.0 Å². The zero-order valence-electron chi connectivity index (χ0n) is 18.3. The third-order valence-electron chi connectivity index (χ3n) is 5.03. The number of carbonyl (C=O) groups is 2. The molecule has 172 valence electrons. The molecular weight excluding hydrogens is 438 g/mol. The molecule has 0 aliphatic heterocycles. The van der Waals surface area contributed by atoms with Crippen molar-refractivity contribution in [2.24, 2.45) is 0 Å². The fraction of sp³-hybridized carbons (Fsp3) is 0.231. The van der Waals surface area contributed by atoms with Crippen LogP contribution in [-0.2, 0) is 28.3 Å². The molecule has 1 amide bonds. The number of carboxylic acid groups (broad SMARTS) is 1. The minimum Gasteiger partial charge on any atom is -0.497 e. The highest BCUT2D eigenvalue weighted by molar-refractivity contribution is 7.99. The summed E-state index contributed by atoms with van der Waals surface area (Å²) in [7, 11) is 1.61. The van der Waals surface area contributed by atoms with Crippen molar-refractivity contribution in [2.45, 2.75) is 30.1 Å². The van der Waals surface area contributed by atoms with Crippen LogP contribution in [0.5, 0.6) is 5.75 Å². The number of carbonyl (C=O) groups excluding carboxylic acids is 1. The second-order valence-electron chi connectivity index (χ2n) is 7.41. The van der Waals surface area contributed by atoms with E-state index in [1.54, 1.807) is 7.11 Å². The van der Waals surface area contributed by atoms with Gasteiger partial charge in [-0.3, -0.25) is 0 Å². The van der Waals surface area contributed by atoms with Gasteiger partial charge in [0.2, 0.25) is 0 Å². The summed E-state index contributed by atoms with van der Waals surface area (Å²) < 4.78 is 10.5. The van der Waals surface area contributed by atoms with E-state index in [1.807, 2.05) is 84.9 Å². The van der Waals surface area contributed by atoms with Gasteiger partial charge in [0.1, 0.15) is 18.4 Å². The molecule has 0 radical (unpaired) electrons. The second kappa shape index (κ2) is 12.6. The van der Waals surface area contributed by atoms with E-state index in [0.29, 0.717) is 12.2 Å². The maximum atomic E-state index is 12.4. The highest BCUT2D eigenvalue weighted by Gasteiger charge is 2.31. The second-order valence-corrected chi connectivity index (χ2v) is 8.64. The molecule has 0 saturated carbocycles. The van der Waals surface area contributed by atoms with Gasteiger partial charge < -0.3 is 19.9 Å². The van der Waals surface area contributed by atoms with Crippen LogP contribution >= 0.6 is 11.8 Å². The van der Waals surface area contributed by atoms with E-state index < -0.39 is 23.4 Å². The first kappa shape index (κ1) is 24.2. The van der Waals surface area contributed by atoms with Crippen molar-refractivity contribution in [1.82, 2.24) is 5.32 Å². The topological polar surface area (TPSA) is 84.9 Å². The molecule has 0 aliphatic rings. The van der Waals surface area contributed by atoms with Gasteiger partial charge in [-0.2, -0.15) is 11.8 Å². The maximum Gasteiger partial charge on any atom is 0.408 e. The molecule has 3 aromatic rings. The predicted octanol–water partition coefficient (Wildman–Crippen LogP) is 4.92. The average molecular weight is 466 g/mol. The Kier molecular flexibility index (Phi) is 9.20. The molecular formula is C26H27NO5S. The molecule has 0 heterocycles. The predicted molar refractivity (Wildman–Crippen MR) is 129 cm³/mol. The minimum absolute atomic E-state index is 0.0708. The number of hydrogen-bond acceptors (Lipinski definition) is 5. The zero-order chi connectivity index (χ0) is 23.5. The lowest BCUT2D eigenvalue weighted by Crippen LogP contribution is -2.48. The van der Waals surface area contributed by atoms with Gasteiger partial charge in [0.15, 0.2) is 0 Å². The van der Waals surface area contributed by atoms with Crippen LogP contribution in [0.15, 0.2) is 84.9 Å². The largest absolute Gasteiger partial charge is 0.497 e. The Balaban J connectivity index is 1.69. The van der Waals surface area contributed by atoms with Crippen molar-refractivity contribution in [1.29, 1.82) is 0 Å². The number of rotatable bonds is 11. The minimum atomic E-state index is -1.11. The van der Waals surface area contributed by atoms with Crippen molar-refractivity contribution in [2.75, 3.05) is 7.11 Å². The van der Waals surface area contributed by atoms with E-state index in [4.69, 9.17) is 9.47 Å². The molecule has 2 atom stereocenters. The third-order valence-corrected chi connectivity index (χ3v) is 6.39. The van der Waals surface area contributed by atoms with Gasteiger partial charge in [-0.05, 0) is 35.2 Å². The summed E-state index contributed by atoms with van der Waals surface area (Å²) in [5.74, 6) is 0.247. The molecule has 0 aliphatic carbocycles. The summed E-state index contributed by atoms with van der Waals surface area (Å²) in [4.78, 5) is 24.5. The fourth-order valence-corrected chi connectivity index (χ4v) is 4.54. The van der Waals surface area contributed by atoms with Crippen LogP contribution in [0.3, 0.4) is 0 Å². The summed E-state index contributed by atoms with van der Waals surface area (Å²) in [5, 5.41) is 12.1. The number of nitrogens with one attached hydrogen (secondary N) is 1. The smallest absolute Gasteiger partial charge is 0.408 e. The quantitative estimate of drug-likeness (QED) is 0.418. The summed E-state index contributed by atoms with van der Waals surface area (Å²) in [6.07, 6.45) is -0.271. The molecule has 0 spiro atoms. The first-order valence-corrected chi connectivity index (χ1v) is 11.6. The van der Waals surface area contributed by atoms with Crippen LogP contribution in [0.4, 0.5) is 4.79 Å². The van der Waals surface area contributed by atoms with E-state index in [-0.39, 0.29) is 6.61 Å². The number of aliphatic carboxylic acids is 1. The van der Waals surface area contributed by atoms with Crippen molar-refractivity contribution in [3.63, 3.8) is 0 Å². The molecule has 2 N–H and O–H groups in total. The lowest BCUT2D eigenvalue weighted by atomic mass is 10.0. The van der Waals surface area contributed by atoms with Crippen LogP contribution in [0, 0.1) is 0 Å². The van der Waals surface area contributed by atoms with E-state index in [0.717, 1.165) is 22.4 Å². The van der Waals surface area contributed by atoms with Crippen LogP contribution in [0.25, 0.3) is 0 Å². The number of alkyl carbamates (subject to hydrolysis) is 1. The zero-order valence-corrected chi connectivity index (χ0v) is 19.2. The van der Waals surface area contributed by atoms with Crippen LogP contribution in [-0.4, -0.2) is 35.6 Å². The molecule has 0 bridgehead atoms. The van der Waals surface area contributed by atoms with Gasteiger partial charge in [-0.1, -0.05) is 72.8 Å². The van der Waals surface area contributed by atoms with Crippen LogP contribution < -0.4 is 10.1 Å². The number of amides is 1. The molecule has 7 heteroatoms. The van der Waals surface area contributed by atoms with Gasteiger partial charge >= 0.3 is 12.1 Å². The molecule has 3 aromatic carbocycles. The van der Waals surface area contributed by atoms with Crippen LogP contribution in [0.2, 0.25) is 0 Å². The number of benzene rings is 3. The highest BCUT2D eigenvalue weighted by Crippen LogP contribution is 2.26. The fourth-order valence-electron chi connectivity index (χ4n) is 3.25. The summed E-state index contributed by atoms with van der Waals surface area (Å²) in [5.41, 5.74) is 2.86. The number of methoxy groups -OCH3 is 1.